The van der Waals surface area contributed by atoms with Gasteiger partial charge in [-0.25, -0.2) is 0 Å². The summed E-state index contributed by atoms with van der Waals surface area (Å²) in [4.78, 5) is 0. The Bertz CT molecular complexity index is 1470. The van der Waals surface area contributed by atoms with Crippen molar-refractivity contribution >= 4 is 5.57 Å². The molecule has 0 radical (unpaired) electrons. The van der Waals surface area contributed by atoms with Crippen molar-refractivity contribution in [2.75, 3.05) is 0 Å². The van der Waals surface area contributed by atoms with Gasteiger partial charge in [-0.05, 0) is 115 Å². The van der Waals surface area contributed by atoms with Gasteiger partial charge < -0.3 is 0 Å². The maximum Gasteiger partial charge on any atom is 0.0196 e. The zero-order valence-corrected chi connectivity index (χ0v) is 25.2. The van der Waals surface area contributed by atoms with Crippen molar-refractivity contribution in [1.29, 1.82) is 0 Å². The van der Waals surface area contributed by atoms with E-state index in [9.17, 15) is 0 Å². The minimum Gasteiger partial charge on any atom is -0.0955 e. The Kier molecular flexibility index (Phi) is 6.03. The lowest BCUT2D eigenvalue weighted by molar-refractivity contribution is -0.0285. The predicted molar refractivity (Wildman–Crippen MR) is 165 cm³/mol. The lowest BCUT2D eigenvalue weighted by atomic mass is 9.36. The van der Waals surface area contributed by atoms with Gasteiger partial charge in [0.1, 0.15) is 0 Å². The van der Waals surface area contributed by atoms with Gasteiger partial charge in [-0.3, -0.25) is 0 Å². The quantitative estimate of drug-likeness (QED) is 0.391. The average Bonchev–Trinajstić information content (AvgIpc) is 2.84. The van der Waals surface area contributed by atoms with Crippen LogP contribution in [0.15, 0.2) is 95.6 Å². The smallest absolute Gasteiger partial charge is 0.0196 e. The summed E-state index contributed by atoms with van der Waals surface area (Å²) < 4.78 is 0. The van der Waals surface area contributed by atoms with Crippen LogP contribution in [-0.2, 0) is 6.42 Å². The summed E-state index contributed by atoms with van der Waals surface area (Å²) in [7, 11) is 0. The van der Waals surface area contributed by atoms with E-state index in [4.69, 9.17) is 13.2 Å². The molecule has 5 rings (SSSR count). The van der Waals surface area contributed by atoms with Crippen LogP contribution in [0.4, 0.5) is 0 Å². The van der Waals surface area contributed by atoms with Crippen LogP contribution in [0.25, 0.3) is 5.57 Å². The predicted octanol–water partition coefficient (Wildman–Crippen LogP) is 10.5. The standard InChI is InChI=1S/C38H46/c1-22(2)33-25(5)21-36(10)29(9)37(11)32(20-30-18-14-13-16-23(30)3)31-19-15-17-24(4)34(31)26(6)35(37)28(8)38(36,12)27(33)7/h13-19,29,32H,1,6-7,20-21H2,2-5,8-12H3/t29-,32+,36-,37-,38+/m0/s1. The summed E-state index contributed by atoms with van der Waals surface area (Å²) >= 11 is 0. The summed E-state index contributed by atoms with van der Waals surface area (Å²) in [5, 5.41) is 0. The Morgan fingerprint density at radius 2 is 1.55 bits per heavy atom. The highest BCUT2D eigenvalue weighted by Gasteiger charge is 2.65. The Morgan fingerprint density at radius 3 is 2.18 bits per heavy atom. The Labute approximate surface area is 232 Å². The van der Waals surface area contributed by atoms with E-state index in [1.54, 1.807) is 0 Å². The zero-order chi connectivity index (χ0) is 27.9. The van der Waals surface area contributed by atoms with Crippen LogP contribution in [0.3, 0.4) is 0 Å². The SMILES string of the molecule is C=C(C)C1=C(C)C[C@@]2(C)[C@H](C)[C@]3(C)C(=C(C)[C@@]2(C)C1=C)C(=C)c1c(C)cccc1[C@H]3Cc1ccccc1C. The van der Waals surface area contributed by atoms with Crippen molar-refractivity contribution in [1.82, 2.24) is 0 Å². The number of hydrogen-bond donors (Lipinski definition) is 0. The molecule has 0 amide bonds. The molecule has 0 heterocycles. The molecule has 198 valence electrons. The molecule has 2 aromatic carbocycles. The molecule has 0 saturated heterocycles. The molecule has 0 N–H and O–H groups in total. The molecule has 0 saturated carbocycles. The summed E-state index contributed by atoms with van der Waals surface area (Å²) in [6.45, 7) is 35.6. The van der Waals surface area contributed by atoms with E-state index in [-0.39, 0.29) is 16.2 Å². The van der Waals surface area contributed by atoms with Gasteiger partial charge in [0.15, 0.2) is 0 Å². The Morgan fingerprint density at radius 1 is 0.921 bits per heavy atom. The lowest BCUT2D eigenvalue weighted by Crippen LogP contribution is -2.59. The molecule has 0 aromatic heterocycles. The summed E-state index contributed by atoms with van der Waals surface area (Å²) in [5.41, 5.74) is 16.1. The molecule has 3 aliphatic carbocycles. The minimum absolute atomic E-state index is 0.0288. The normalized spacial score (nSPS) is 32.7. The third kappa shape index (κ3) is 3.16. The maximum atomic E-state index is 4.86. The van der Waals surface area contributed by atoms with E-state index in [1.807, 2.05) is 0 Å². The van der Waals surface area contributed by atoms with E-state index >= 15 is 0 Å². The molecule has 0 heteroatoms. The van der Waals surface area contributed by atoms with E-state index in [1.165, 1.54) is 61.3 Å². The van der Waals surface area contributed by atoms with Crippen molar-refractivity contribution in [3.63, 3.8) is 0 Å². The first-order valence-electron chi connectivity index (χ1n) is 14.3. The zero-order valence-electron chi connectivity index (χ0n) is 25.2. The first-order valence-corrected chi connectivity index (χ1v) is 14.3. The molecule has 0 spiro atoms. The molecule has 0 unspecified atom stereocenters. The number of fused-ring (bicyclic) bond motifs is 3. The summed E-state index contributed by atoms with van der Waals surface area (Å²) in [6, 6.07) is 15.9. The average molecular weight is 503 g/mol. The highest BCUT2D eigenvalue weighted by molar-refractivity contribution is 5.87. The van der Waals surface area contributed by atoms with Crippen molar-refractivity contribution in [3.05, 3.63) is 123 Å². The van der Waals surface area contributed by atoms with Gasteiger partial charge in [0.05, 0.1) is 0 Å². The third-order valence-corrected chi connectivity index (χ3v) is 11.7. The van der Waals surface area contributed by atoms with Crippen molar-refractivity contribution in [3.8, 4) is 0 Å². The first-order chi connectivity index (χ1) is 17.7. The largest absolute Gasteiger partial charge is 0.0955 e. The number of benzene rings is 2. The number of aryl methyl sites for hydroxylation is 2. The molecule has 0 nitrogen and oxygen atoms in total. The van der Waals surface area contributed by atoms with Gasteiger partial charge in [0.2, 0.25) is 0 Å². The Balaban J connectivity index is 1.86. The number of hydrogen-bond acceptors (Lipinski definition) is 0. The molecule has 3 aliphatic rings. The second-order valence-corrected chi connectivity index (χ2v) is 13.3. The van der Waals surface area contributed by atoms with Gasteiger partial charge in [-0.2, -0.15) is 0 Å². The van der Waals surface area contributed by atoms with Crippen LogP contribution in [0.5, 0.6) is 0 Å². The summed E-state index contributed by atoms with van der Waals surface area (Å²) in [5.74, 6) is 0.780. The van der Waals surface area contributed by atoms with Gasteiger partial charge in [-0.1, -0.05) is 107 Å². The summed E-state index contributed by atoms with van der Waals surface area (Å²) in [6.07, 6.45) is 2.10. The van der Waals surface area contributed by atoms with Gasteiger partial charge in [0.25, 0.3) is 0 Å². The van der Waals surface area contributed by atoms with Crippen LogP contribution in [0, 0.1) is 36.0 Å². The second-order valence-electron chi connectivity index (χ2n) is 13.3. The molecule has 38 heavy (non-hydrogen) atoms. The van der Waals surface area contributed by atoms with E-state index < -0.39 is 0 Å². The van der Waals surface area contributed by atoms with Crippen molar-refractivity contribution < 1.29 is 0 Å². The van der Waals surface area contributed by atoms with Gasteiger partial charge >= 0.3 is 0 Å². The topological polar surface area (TPSA) is 0 Å². The minimum atomic E-state index is -0.161. The van der Waals surface area contributed by atoms with Gasteiger partial charge in [0, 0.05) is 10.8 Å². The van der Waals surface area contributed by atoms with Crippen LogP contribution in [-0.4, -0.2) is 0 Å². The second kappa shape index (κ2) is 8.57. The van der Waals surface area contributed by atoms with Crippen LogP contribution in [0.1, 0.15) is 88.6 Å². The third-order valence-electron chi connectivity index (χ3n) is 11.7. The van der Waals surface area contributed by atoms with Crippen LogP contribution in [0.2, 0.25) is 0 Å². The molecule has 5 atom stereocenters. The Hall–Kier alpha value is -2.86. The molecule has 0 bridgehead atoms. The molecule has 0 aliphatic heterocycles. The fourth-order valence-corrected chi connectivity index (χ4v) is 9.31. The highest BCUT2D eigenvalue weighted by atomic mass is 14.7. The fraction of sp³-hybridized carbons (Fsp3) is 0.421. The molecule has 0 fully saturated rings. The number of allylic oxidation sites excluding steroid dienone is 7. The number of rotatable bonds is 3. The van der Waals surface area contributed by atoms with Crippen molar-refractivity contribution in [2.24, 2.45) is 22.2 Å². The van der Waals surface area contributed by atoms with E-state index in [0.717, 1.165) is 18.4 Å². The lowest BCUT2D eigenvalue weighted by Gasteiger charge is -2.67. The maximum absolute atomic E-state index is 4.86. The fourth-order valence-electron chi connectivity index (χ4n) is 9.31. The monoisotopic (exact) mass is 502 g/mol. The van der Waals surface area contributed by atoms with Crippen molar-refractivity contribution in [2.45, 2.75) is 81.1 Å². The first kappa shape index (κ1) is 26.7. The van der Waals surface area contributed by atoms with Crippen LogP contribution >= 0.6 is 0 Å². The van der Waals surface area contributed by atoms with E-state index in [0.29, 0.717) is 11.8 Å². The van der Waals surface area contributed by atoms with E-state index in [2.05, 4.69) is 111 Å². The molecular formula is C38H46. The highest BCUT2D eigenvalue weighted by Crippen LogP contribution is 2.74. The molecular weight excluding hydrogens is 456 g/mol. The van der Waals surface area contributed by atoms with Crippen LogP contribution < -0.4 is 0 Å². The molecule has 2 aromatic rings. The van der Waals surface area contributed by atoms with Gasteiger partial charge in [-0.15, -0.1) is 0 Å².